The van der Waals surface area contributed by atoms with E-state index in [9.17, 15) is 9.59 Å². The SMILES string of the molecule is O=C(CBr)CC1CNC(=O)c2cc(Br)c(Br)n21. The Kier molecular flexibility index (Phi) is 4.10. The standard InChI is InChI=1S/C10H9Br3N2O2/c11-3-6(16)1-5-4-14-10(17)8-2-7(12)9(13)15(5)8/h2,5H,1,3-4H2,(H,14,17). The number of carbonyl (C=O) groups excluding carboxylic acids is 2. The number of fused-ring (bicyclic) bond motifs is 1. The molecule has 1 aromatic heterocycles. The molecule has 0 aliphatic carbocycles. The molecular formula is C10H9Br3N2O2. The van der Waals surface area contributed by atoms with E-state index >= 15 is 0 Å². The number of Topliss-reactive ketones (excluding diaryl/α,β-unsaturated/α-hetero) is 1. The molecule has 17 heavy (non-hydrogen) atoms. The summed E-state index contributed by atoms with van der Waals surface area (Å²) in [4.78, 5) is 23.2. The van der Waals surface area contributed by atoms with Crippen molar-refractivity contribution in [1.82, 2.24) is 9.88 Å². The fourth-order valence-electron chi connectivity index (χ4n) is 1.88. The first-order valence-electron chi connectivity index (χ1n) is 4.96. The minimum atomic E-state index is -0.112. The van der Waals surface area contributed by atoms with Crippen LogP contribution >= 0.6 is 47.8 Å². The van der Waals surface area contributed by atoms with Crippen LogP contribution in [0.1, 0.15) is 23.0 Å². The van der Waals surface area contributed by atoms with Gasteiger partial charge in [0.2, 0.25) is 0 Å². The molecule has 0 saturated carbocycles. The zero-order chi connectivity index (χ0) is 12.6. The molecule has 1 aromatic rings. The van der Waals surface area contributed by atoms with Crippen molar-refractivity contribution in [3.8, 4) is 0 Å². The van der Waals surface area contributed by atoms with Gasteiger partial charge in [-0.1, -0.05) is 15.9 Å². The summed E-state index contributed by atoms with van der Waals surface area (Å²) in [6.45, 7) is 0.476. The van der Waals surface area contributed by atoms with Crippen LogP contribution in [0.4, 0.5) is 0 Å². The third-order valence-corrected chi connectivity index (χ3v) is 5.21. The maximum atomic E-state index is 11.7. The van der Waals surface area contributed by atoms with E-state index in [4.69, 9.17) is 0 Å². The van der Waals surface area contributed by atoms with Gasteiger partial charge in [0.05, 0.1) is 20.4 Å². The molecule has 0 bridgehead atoms. The van der Waals surface area contributed by atoms with Crippen molar-refractivity contribution in [1.29, 1.82) is 0 Å². The summed E-state index contributed by atoms with van der Waals surface area (Å²) in [6, 6.07) is 1.72. The highest BCUT2D eigenvalue weighted by molar-refractivity contribution is 9.13. The van der Waals surface area contributed by atoms with Gasteiger partial charge in [0.15, 0.2) is 0 Å². The van der Waals surface area contributed by atoms with Crippen molar-refractivity contribution < 1.29 is 9.59 Å². The molecule has 2 heterocycles. The van der Waals surface area contributed by atoms with Crippen molar-refractivity contribution in [3.63, 3.8) is 0 Å². The Morgan fingerprint density at radius 1 is 1.53 bits per heavy atom. The van der Waals surface area contributed by atoms with Crippen molar-refractivity contribution in [3.05, 3.63) is 20.8 Å². The van der Waals surface area contributed by atoms with Gasteiger partial charge in [-0.05, 0) is 37.9 Å². The highest BCUT2D eigenvalue weighted by Gasteiger charge is 2.29. The van der Waals surface area contributed by atoms with E-state index in [1.54, 1.807) is 6.07 Å². The largest absolute Gasteiger partial charge is 0.349 e. The summed E-state index contributed by atoms with van der Waals surface area (Å²) in [6.07, 6.45) is 0.401. The number of hydrogen-bond acceptors (Lipinski definition) is 2. The number of nitrogens with zero attached hydrogens (tertiary/aromatic N) is 1. The second kappa shape index (κ2) is 5.24. The monoisotopic (exact) mass is 426 g/mol. The lowest BCUT2D eigenvalue weighted by Crippen LogP contribution is -2.39. The highest BCUT2D eigenvalue weighted by atomic mass is 79.9. The predicted molar refractivity (Wildman–Crippen MR) is 74.6 cm³/mol. The van der Waals surface area contributed by atoms with E-state index < -0.39 is 0 Å². The van der Waals surface area contributed by atoms with Crippen LogP contribution in [-0.2, 0) is 4.79 Å². The molecule has 0 radical (unpaired) electrons. The zero-order valence-electron chi connectivity index (χ0n) is 8.67. The summed E-state index contributed by atoms with van der Waals surface area (Å²) in [5.74, 6) is 0.00719. The van der Waals surface area contributed by atoms with E-state index in [2.05, 4.69) is 53.1 Å². The van der Waals surface area contributed by atoms with Gasteiger partial charge in [-0.3, -0.25) is 9.59 Å². The van der Waals surface area contributed by atoms with Crippen LogP contribution in [0.15, 0.2) is 15.1 Å². The van der Waals surface area contributed by atoms with E-state index in [-0.39, 0.29) is 17.7 Å². The van der Waals surface area contributed by atoms with Crippen LogP contribution < -0.4 is 5.32 Å². The smallest absolute Gasteiger partial charge is 0.268 e. The van der Waals surface area contributed by atoms with Gasteiger partial charge in [0, 0.05) is 13.0 Å². The number of nitrogens with one attached hydrogen (secondary N) is 1. The second-order valence-corrected chi connectivity index (χ2v) is 5.94. The van der Waals surface area contributed by atoms with Crippen molar-refractivity contribution >= 4 is 59.5 Å². The fourth-order valence-corrected chi connectivity index (χ4v) is 3.11. The lowest BCUT2D eigenvalue weighted by molar-refractivity contribution is -0.117. The molecule has 0 saturated heterocycles. The first kappa shape index (κ1) is 13.3. The Labute approximate surface area is 124 Å². The Balaban J connectivity index is 2.38. The zero-order valence-corrected chi connectivity index (χ0v) is 13.4. The first-order chi connectivity index (χ1) is 8.04. The molecule has 1 atom stereocenters. The van der Waals surface area contributed by atoms with Gasteiger partial charge < -0.3 is 9.88 Å². The molecule has 1 amide bonds. The van der Waals surface area contributed by atoms with Crippen molar-refractivity contribution in [2.75, 3.05) is 11.9 Å². The summed E-state index contributed by atoms with van der Waals surface area (Å²) in [5, 5.41) is 3.13. The summed E-state index contributed by atoms with van der Waals surface area (Å²) >= 11 is 9.95. The highest BCUT2D eigenvalue weighted by Crippen LogP contribution is 2.33. The minimum Gasteiger partial charge on any atom is -0.349 e. The van der Waals surface area contributed by atoms with Crippen LogP contribution in [0.25, 0.3) is 0 Å². The molecule has 0 spiro atoms. The molecule has 0 aromatic carbocycles. The number of carbonyl (C=O) groups is 2. The molecular weight excluding hydrogens is 420 g/mol. The molecule has 1 aliphatic rings. The van der Waals surface area contributed by atoms with Crippen LogP contribution in [0, 0.1) is 0 Å². The number of ketones is 1. The van der Waals surface area contributed by atoms with E-state index in [0.717, 1.165) is 9.08 Å². The Hall–Kier alpha value is -0.140. The molecule has 7 heteroatoms. The average molecular weight is 429 g/mol. The average Bonchev–Trinajstić information content (AvgIpc) is 2.61. The number of amides is 1. The Morgan fingerprint density at radius 2 is 2.24 bits per heavy atom. The number of rotatable bonds is 3. The summed E-state index contributed by atoms with van der Waals surface area (Å²) in [5.41, 5.74) is 0.572. The van der Waals surface area contributed by atoms with Crippen molar-refractivity contribution in [2.45, 2.75) is 12.5 Å². The van der Waals surface area contributed by atoms with Crippen LogP contribution in [0.3, 0.4) is 0 Å². The molecule has 0 fully saturated rings. The number of halogens is 3. The minimum absolute atomic E-state index is 0.0339. The van der Waals surface area contributed by atoms with Crippen molar-refractivity contribution in [2.24, 2.45) is 0 Å². The number of hydrogen-bond donors (Lipinski definition) is 1. The van der Waals surface area contributed by atoms with Crippen LogP contribution in [0.5, 0.6) is 0 Å². The van der Waals surface area contributed by atoms with Crippen LogP contribution in [0.2, 0.25) is 0 Å². The lowest BCUT2D eigenvalue weighted by atomic mass is 10.1. The molecule has 1 unspecified atom stereocenters. The Bertz CT molecular complexity index is 484. The molecule has 4 nitrogen and oxygen atoms in total. The third-order valence-electron chi connectivity index (χ3n) is 2.64. The van der Waals surface area contributed by atoms with E-state index in [1.807, 2.05) is 4.57 Å². The maximum absolute atomic E-state index is 11.7. The third kappa shape index (κ3) is 2.51. The topological polar surface area (TPSA) is 51.1 Å². The quantitative estimate of drug-likeness (QED) is 0.752. The van der Waals surface area contributed by atoms with Gasteiger partial charge >= 0.3 is 0 Å². The fraction of sp³-hybridized carbons (Fsp3) is 0.400. The van der Waals surface area contributed by atoms with Gasteiger partial charge in [-0.15, -0.1) is 0 Å². The second-order valence-electron chi connectivity index (χ2n) is 3.78. The van der Waals surface area contributed by atoms with Gasteiger partial charge in [-0.25, -0.2) is 0 Å². The van der Waals surface area contributed by atoms with Gasteiger partial charge in [0.25, 0.3) is 5.91 Å². The molecule has 92 valence electrons. The van der Waals surface area contributed by atoms with Gasteiger partial charge in [0.1, 0.15) is 11.5 Å². The normalized spacial score (nSPS) is 18.8. The number of alkyl halides is 1. The number of aromatic nitrogens is 1. The Morgan fingerprint density at radius 3 is 2.88 bits per heavy atom. The summed E-state index contributed by atoms with van der Waals surface area (Å²) in [7, 11) is 0. The first-order valence-corrected chi connectivity index (χ1v) is 7.67. The van der Waals surface area contributed by atoms with E-state index in [0.29, 0.717) is 24.0 Å². The molecule has 1 N–H and O–H groups in total. The molecule has 2 rings (SSSR count). The summed E-state index contributed by atoms with van der Waals surface area (Å²) < 4.78 is 3.49. The lowest BCUT2D eigenvalue weighted by Gasteiger charge is -2.26. The maximum Gasteiger partial charge on any atom is 0.268 e. The van der Waals surface area contributed by atoms with E-state index in [1.165, 1.54) is 0 Å². The predicted octanol–water partition coefficient (Wildman–Crippen LogP) is 2.65. The van der Waals surface area contributed by atoms with Crippen LogP contribution in [-0.4, -0.2) is 28.1 Å². The van der Waals surface area contributed by atoms with Gasteiger partial charge in [-0.2, -0.15) is 0 Å². The molecule has 1 aliphatic heterocycles.